The molecule has 1 aliphatic rings. The average Bonchev–Trinajstić information content (AvgIpc) is 2.94. The molecule has 1 amide bonds. The zero-order valence-corrected chi connectivity index (χ0v) is 13.6. The van der Waals surface area contributed by atoms with Gasteiger partial charge in [0.05, 0.1) is 4.88 Å². The Balaban J connectivity index is 2.04. The third kappa shape index (κ3) is 3.83. The highest BCUT2D eigenvalue weighted by Crippen LogP contribution is 2.22. The topological polar surface area (TPSA) is 32.3 Å². The number of rotatable bonds is 5. The van der Waals surface area contributed by atoms with Gasteiger partial charge in [0, 0.05) is 17.5 Å². The first-order valence-corrected chi connectivity index (χ1v) is 8.53. The molecule has 1 aliphatic heterocycles. The quantitative estimate of drug-likeness (QED) is 0.904. The van der Waals surface area contributed by atoms with E-state index in [0.29, 0.717) is 5.92 Å². The maximum absolute atomic E-state index is 12.7. The molecule has 1 N–H and O–H groups in total. The van der Waals surface area contributed by atoms with Gasteiger partial charge in [-0.3, -0.25) is 4.79 Å². The zero-order valence-electron chi connectivity index (χ0n) is 12.8. The molecule has 0 saturated carbocycles. The van der Waals surface area contributed by atoms with Crippen molar-refractivity contribution in [1.82, 2.24) is 10.2 Å². The van der Waals surface area contributed by atoms with Crippen LogP contribution in [0, 0.1) is 5.92 Å². The predicted octanol–water partition coefficient (Wildman–Crippen LogP) is 3.16. The number of nitrogens with zero attached hydrogens (tertiary/aromatic N) is 1. The number of hydrogen-bond acceptors (Lipinski definition) is 3. The summed E-state index contributed by atoms with van der Waals surface area (Å²) in [5, 5.41) is 3.39. The van der Waals surface area contributed by atoms with E-state index in [4.69, 9.17) is 0 Å². The van der Waals surface area contributed by atoms with Gasteiger partial charge in [-0.15, -0.1) is 11.3 Å². The average molecular weight is 294 g/mol. The van der Waals surface area contributed by atoms with Gasteiger partial charge in [0.2, 0.25) is 0 Å². The highest BCUT2D eigenvalue weighted by atomic mass is 32.1. The van der Waals surface area contributed by atoms with E-state index in [1.165, 1.54) is 17.7 Å². The van der Waals surface area contributed by atoms with Crippen LogP contribution in [-0.4, -0.2) is 36.5 Å². The Morgan fingerprint density at radius 3 is 2.65 bits per heavy atom. The Labute approximate surface area is 126 Å². The van der Waals surface area contributed by atoms with Crippen molar-refractivity contribution in [3.63, 3.8) is 0 Å². The zero-order chi connectivity index (χ0) is 14.5. The van der Waals surface area contributed by atoms with Crippen LogP contribution in [0.2, 0.25) is 0 Å². The number of thiophene rings is 1. The van der Waals surface area contributed by atoms with Gasteiger partial charge in [0.1, 0.15) is 0 Å². The monoisotopic (exact) mass is 294 g/mol. The van der Waals surface area contributed by atoms with Gasteiger partial charge in [0.25, 0.3) is 5.91 Å². The molecular formula is C16H26N2OS. The smallest absolute Gasteiger partial charge is 0.264 e. The van der Waals surface area contributed by atoms with Crippen molar-refractivity contribution in [2.24, 2.45) is 5.92 Å². The van der Waals surface area contributed by atoms with Crippen molar-refractivity contribution in [2.45, 2.75) is 46.1 Å². The normalized spacial score (nSPS) is 16.6. The molecule has 20 heavy (non-hydrogen) atoms. The summed E-state index contributed by atoms with van der Waals surface area (Å²) in [7, 11) is 0. The molecule has 2 heterocycles. The van der Waals surface area contributed by atoms with Crippen LogP contribution >= 0.6 is 11.3 Å². The third-order valence-electron chi connectivity index (χ3n) is 4.02. The lowest BCUT2D eigenvalue weighted by Gasteiger charge is -2.32. The SMILES string of the molecule is CCc1ccc(C(=O)N(CC2CCNCC2)C(C)C)s1. The Bertz CT molecular complexity index is 435. The van der Waals surface area contributed by atoms with Gasteiger partial charge in [-0.2, -0.15) is 0 Å². The van der Waals surface area contributed by atoms with Crippen LogP contribution in [-0.2, 0) is 6.42 Å². The molecule has 0 radical (unpaired) electrons. The molecule has 112 valence electrons. The van der Waals surface area contributed by atoms with Crippen molar-refractivity contribution in [1.29, 1.82) is 0 Å². The lowest BCUT2D eigenvalue weighted by molar-refractivity contribution is 0.0663. The Morgan fingerprint density at radius 2 is 2.10 bits per heavy atom. The molecular weight excluding hydrogens is 268 g/mol. The second kappa shape index (κ2) is 7.23. The van der Waals surface area contributed by atoms with Crippen molar-refractivity contribution < 1.29 is 4.79 Å². The van der Waals surface area contributed by atoms with Crippen molar-refractivity contribution in [2.75, 3.05) is 19.6 Å². The van der Waals surface area contributed by atoms with Gasteiger partial charge < -0.3 is 10.2 Å². The van der Waals surface area contributed by atoms with E-state index >= 15 is 0 Å². The van der Waals surface area contributed by atoms with Crippen LogP contribution < -0.4 is 5.32 Å². The summed E-state index contributed by atoms with van der Waals surface area (Å²) in [6.45, 7) is 9.45. The van der Waals surface area contributed by atoms with E-state index in [1.807, 2.05) is 6.07 Å². The van der Waals surface area contributed by atoms with E-state index < -0.39 is 0 Å². The molecule has 1 fully saturated rings. The van der Waals surface area contributed by atoms with Gasteiger partial charge in [-0.25, -0.2) is 0 Å². The van der Waals surface area contributed by atoms with Crippen LogP contribution in [0.1, 0.15) is 48.2 Å². The molecule has 1 saturated heterocycles. The first-order valence-electron chi connectivity index (χ1n) is 7.72. The van der Waals surface area contributed by atoms with Crippen molar-refractivity contribution in [3.8, 4) is 0 Å². The summed E-state index contributed by atoms with van der Waals surface area (Å²) >= 11 is 1.65. The summed E-state index contributed by atoms with van der Waals surface area (Å²) in [5.41, 5.74) is 0. The fourth-order valence-corrected chi connectivity index (χ4v) is 3.60. The number of aryl methyl sites for hydroxylation is 1. The molecule has 0 unspecified atom stereocenters. The molecule has 1 aromatic heterocycles. The van der Waals surface area contributed by atoms with E-state index in [1.54, 1.807) is 11.3 Å². The molecule has 1 aromatic rings. The van der Waals surface area contributed by atoms with Crippen LogP contribution in [0.4, 0.5) is 0 Å². The highest BCUT2D eigenvalue weighted by Gasteiger charge is 2.24. The number of carbonyl (C=O) groups excluding carboxylic acids is 1. The molecule has 0 aliphatic carbocycles. The Morgan fingerprint density at radius 1 is 1.40 bits per heavy atom. The lowest BCUT2D eigenvalue weighted by Crippen LogP contribution is -2.42. The van der Waals surface area contributed by atoms with E-state index in [-0.39, 0.29) is 11.9 Å². The standard InChI is InChI=1S/C16H26N2OS/c1-4-14-5-6-15(20-14)16(19)18(12(2)3)11-13-7-9-17-10-8-13/h5-6,12-13,17H,4,7-11H2,1-3H3. The number of piperidine rings is 1. The number of nitrogens with one attached hydrogen (secondary N) is 1. The number of hydrogen-bond donors (Lipinski definition) is 1. The van der Waals surface area contributed by atoms with Gasteiger partial charge in [0.15, 0.2) is 0 Å². The molecule has 0 aromatic carbocycles. The second-order valence-corrected chi connectivity index (χ2v) is 7.03. The number of carbonyl (C=O) groups is 1. The molecule has 0 spiro atoms. The molecule has 4 heteroatoms. The minimum Gasteiger partial charge on any atom is -0.335 e. The predicted molar refractivity (Wildman–Crippen MR) is 85.5 cm³/mol. The van der Waals surface area contributed by atoms with E-state index in [0.717, 1.165) is 30.9 Å². The lowest BCUT2D eigenvalue weighted by atomic mass is 9.97. The first-order chi connectivity index (χ1) is 9.61. The Kier molecular flexibility index (Phi) is 5.61. The number of amides is 1. The maximum atomic E-state index is 12.7. The fraction of sp³-hybridized carbons (Fsp3) is 0.688. The summed E-state index contributed by atoms with van der Waals surface area (Å²) in [4.78, 5) is 17.0. The van der Waals surface area contributed by atoms with E-state index in [2.05, 4.69) is 37.1 Å². The van der Waals surface area contributed by atoms with Crippen molar-refractivity contribution in [3.05, 3.63) is 21.9 Å². The summed E-state index contributed by atoms with van der Waals surface area (Å²) in [6, 6.07) is 4.34. The van der Waals surface area contributed by atoms with Gasteiger partial charge in [-0.05, 0) is 64.3 Å². The van der Waals surface area contributed by atoms with Crippen LogP contribution in [0.15, 0.2) is 12.1 Å². The van der Waals surface area contributed by atoms with Gasteiger partial charge in [-0.1, -0.05) is 6.92 Å². The summed E-state index contributed by atoms with van der Waals surface area (Å²) in [5.74, 6) is 0.858. The first kappa shape index (κ1) is 15.5. The Hall–Kier alpha value is -0.870. The minimum absolute atomic E-state index is 0.211. The maximum Gasteiger partial charge on any atom is 0.264 e. The second-order valence-electron chi connectivity index (χ2n) is 5.86. The summed E-state index contributed by atoms with van der Waals surface area (Å²) < 4.78 is 0. The fourth-order valence-electron chi connectivity index (χ4n) is 2.70. The molecule has 0 bridgehead atoms. The largest absolute Gasteiger partial charge is 0.335 e. The molecule has 0 atom stereocenters. The van der Waals surface area contributed by atoms with Gasteiger partial charge >= 0.3 is 0 Å². The van der Waals surface area contributed by atoms with Crippen LogP contribution in [0.3, 0.4) is 0 Å². The summed E-state index contributed by atoms with van der Waals surface area (Å²) in [6.07, 6.45) is 3.37. The minimum atomic E-state index is 0.211. The van der Waals surface area contributed by atoms with Crippen LogP contribution in [0.25, 0.3) is 0 Å². The van der Waals surface area contributed by atoms with Crippen LogP contribution in [0.5, 0.6) is 0 Å². The third-order valence-corrected chi connectivity index (χ3v) is 5.24. The highest BCUT2D eigenvalue weighted by molar-refractivity contribution is 7.14. The van der Waals surface area contributed by atoms with E-state index in [9.17, 15) is 4.79 Å². The van der Waals surface area contributed by atoms with Crippen molar-refractivity contribution >= 4 is 17.2 Å². The molecule has 3 nitrogen and oxygen atoms in total. The molecule has 2 rings (SSSR count).